The van der Waals surface area contributed by atoms with E-state index in [9.17, 15) is 14.3 Å². The number of rotatable bonds is 8. The van der Waals surface area contributed by atoms with E-state index < -0.39 is 17.3 Å². The molecule has 0 saturated heterocycles. The second-order valence-corrected chi connectivity index (χ2v) is 10.5. The molecule has 2 saturated carbocycles. The Balaban J connectivity index is 1.27. The number of methoxy groups -OCH3 is 1. The molecular weight excluding hydrogens is 471 g/mol. The van der Waals surface area contributed by atoms with Crippen LogP contribution in [0.2, 0.25) is 0 Å². The highest BCUT2D eigenvalue weighted by atomic mass is 32.1. The molecule has 10 heteroatoms. The number of aryl methyl sites for hydroxylation is 1. The summed E-state index contributed by atoms with van der Waals surface area (Å²) in [6, 6.07) is 6.16. The van der Waals surface area contributed by atoms with Crippen molar-refractivity contribution in [2.45, 2.75) is 51.0 Å². The minimum Gasteiger partial charge on any atom is -0.496 e. The number of benzene rings is 1. The number of halogens is 1. The van der Waals surface area contributed by atoms with Crippen molar-refractivity contribution in [3.63, 3.8) is 0 Å². The number of nitrogens with zero attached hydrogens (tertiary/aromatic N) is 3. The first kappa shape index (κ1) is 23.6. The van der Waals surface area contributed by atoms with Crippen LogP contribution in [-0.2, 0) is 0 Å². The third kappa shape index (κ3) is 4.72. The minimum atomic E-state index is -0.502. The Morgan fingerprint density at radius 1 is 1.26 bits per heavy atom. The minimum absolute atomic E-state index is 0.166. The van der Waals surface area contributed by atoms with Crippen molar-refractivity contribution in [3.8, 4) is 22.1 Å². The molecule has 2 N–H and O–H groups in total. The predicted octanol–water partition coefficient (Wildman–Crippen LogP) is 4.77. The van der Waals surface area contributed by atoms with E-state index in [-0.39, 0.29) is 21.7 Å². The zero-order chi connectivity index (χ0) is 24.6. The van der Waals surface area contributed by atoms with Crippen LogP contribution in [-0.4, -0.2) is 45.5 Å². The van der Waals surface area contributed by atoms with Crippen LogP contribution >= 0.6 is 11.3 Å². The van der Waals surface area contributed by atoms with Crippen molar-refractivity contribution in [1.82, 2.24) is 15.2 Å². The van der Waals surface area contributed by atoms with Gasteiger partial charge in [-0.1, -0.05) is 11.2 Å². The maximum absolute atomic E-state index is 14.8. The van der Waals surface area contributed by atoms with Crippen molar-refractivity contribution in [2.75, 3.05) is 19.0 Å². The van der Waals surface area contributed by atoms with Gasteiger partial charge in [-0.15, -0.1) is 5.10 Å². The first-order valence-electron chi connectivity index (χ1n) is 11.6. The van der Waals surface area contributed by atoms with Gasteiger partial charge in [-0.2, -0.15) is 0 Å². The van der Waals surface area contributed by atoms with Crippen LogP contribution in [0, 0.1) is 18.2 Å². The summed E-state index contributed by atoms with van der Waals surface area (Å²) in [5.74, 6) is -0.674. The normalized spacial score (nSPS) is 22.9. The third-order valence-electron chi connectivity index (χ3n) is 7.18. The summed E-state index contributed by atoms with van der Waals surface area (Å²) in [4.78, 5) is 17.3. The molecule has 1 amide bonds. The molecule has 35 heavy (non-hydrogen) atoms. The second kappa shape index (κ2) is 9.16. The number of amides is 1. The summed E-state index contributed by atoms with van der Waals surface area (Å²) in [7, 11) is 1.45. The number of fused-ring (bicyclic) bond motifs is 2. The van der Waals surface area contributed by atoms with Crippen LogP contribution in [0.25, 0.3) is 11.1 Å². The number of carbonyl (C=O) groups excluding carboxylic acids is 1. The van der Waals surface area contributed by atoms with E-state index in [4.69, 9.17) is 9.47 Å². The van der Waals surface area contributed by atoms with Gasteiger partial charge in [-0.25, -0.2) is 4.39 Å². The Kier molecular flexibility index (Phi) is 6.18. The molecule has 5 rings (SSSR count). The number of ether oxygens (including phenoxy) is 2. The first-order valence-corrected chi connectivity index (χ1v) is 12.4. The number of aliphatic hydroxyl groups is 1. The van der Waals surface area contributed by atoms with E-state index in [0.717, 1.165) is 49.9 Å². The maximum Gasteiger partial charge on any atom is 0.295 e. The molecule has 184 valence electrons. The van der Waals surface area contributed by atoms with Gasteiger partial charge >= 0.3 is 0 Å². The highest BCUT2D eigenvalue weighted by molar-refractivity contribution is 7.17. The van der Waals surface area contributed by atoms with E-state index in [1.54, 1.807) is 25.1 Å². The van der Waals surface area contributed by atoms with Crippen molar-refractivity contribution >= 4 is 22.4 Å². The van der Waals surface area contributed by atoms with Gasteiger partial charge in [-0.3, -0.25) is 15.1 Å². The molecule has 2 fully saturated rings. The van der Waals surface area contributed by atoms with Gasteiger partial charge < -0.3 is 14.6 Å². The van der Waals surface area contributed by atoms with Crippen molar-refractivity contribution in [3.05, 3.63) is 47.5 Å². The summed E-state index contributed by atoms with van der Waals surface area (Å²) < 4.78 is 25.9. The van der Waals surface area contributed by atoms with Gasteiger partial charge in [0.2, 0.25) is 5.13 Å². The Bertz CT molecular complexity index is 1260. The molecule has 2 heterocycles. The molecule has 0 radical (unpaired) electrons. The van der Waals surface area contributed by atoms with E-state index in [1.165, 1.54) is 19.4 Å². The molecule has 2 aromatic heterocycles. The first-order chi connectivity index (χ1) is 16.8. The van der Waals surface area contributed by atoms with Crippen LogP contribution in [0.1, 0.15) is 54.6 Å². The number of nitrogens with one attached hydrogen (secondary N) is 1. The van der Waals surface area contributed by atoms with Crippen LogP contribution < -0.4 is 14.8 Å². The summed E-state index contributed by atoms with van der Waals surface area (Å²) in [6.07, 6.45) is 6.93. The Morgan fingerprint density at radius 2 is 2.06 bits per heavy atom. The molecular formula is C25H27FN4O4S. The average Bonchev–Trinajstić information content (AvgIpc) is 3.51. The number of hydrogen-bond acceptors (Lipinski definition) is 8. The molecule has 0 spiro atoms. The van der Waals surface area contributed by atoms with Gasteiger partial charge in [0.15, 0.2) is 0 Å². The smallest absolute Gasteiger partial charge is 0.295 e. The standard InChI is InChI=1S/C25H27FN4O4S/c1-15-12-16(20-18(26)4-3-5-19(20)33-2)17(13-27-15)21(31)28-22-29-30-23(35-22)34-11-10-24-6-8-25(32,14-24)9-7-24/h3-5,12-13,32H,6-11,14H2,1-2H3,(H,28,29,31). The lowest BCUT2D eigenvalue weighted by atomic mass is 9.81. The lowest BCUT2D eigenvalue weighted by Crippen LogP contribution is -2.20. The zero-order valence-corrected chi connectivity index (χ0v) is 20.5. The van der Waals surface area contributed by atoms with Crippen molar-refractivity contribution < 1.29 is 23.8 Å². The van der Waals surface area contributed by atoms with E-state index >= 15 is 0 Å². The van der Waals surface area contributed by atoms with Gasteiger partial charge in [0.05, 0.1) is 30.4 Å². The summed E-state index contributed by atoms with van der Waals surface area (Å²) in [6.45, 7) is 2.25. The number of aromatic nitrogens is 3. The van der Waals surface area contributed by atoms with E-state index in [0.29, 0.717) is 28.8 Å². The fourth-order valence-electron chi connectivity index (χ4n) is 5.36. The Labute approximate surface area is 206 Å². The van der Waals surface area contributed by atoms with Crippen LogP contribution in [0.3, 0.4) is 0 Å². The molecule has 0 atom stereocenters. The van der Waals surface area contributed by atoms with E-state index in [1.807, 2.05) is 0 Å². The van der Waals surface area contributed by atoms with Gasteiger partial charge in [-0.05, 0) is 80.4 Å². The lowest BCUT2D eigenvalue weighted by molar-refractivity contribution is 0.0521. The van der Waals surface area contributed by atoms with E-state index in [2.05, 4.69) is 20.5 Å². The van der Waals surface area contributed by atoms with Gasteiger partial charge in [0.1, 0.15) is 11.6 Å². The monoisotopic (exact) mass is 498 g/mol. The van der Waals surface area contributed by atoms with Crippen LogP contribution in [0.5, 0.6) is 10.9 Å². The van der Waals surface area contributed by atoms with Crippen molar-refractivity contribution in [1.29, 1.82) is 0 Å². The molecule has 2 bridgehead atoms. The molecule has 0 aliphatic heterocycles. The molecule has 1 aromatic carbocycles. The Hall–Kier alpha value is -3.11. The number of hydrogen-bond donors (Lipinski definition) is 2. The lowest BCUT2D eigenvalue weighted by Gasteiger charge is -2.25. The third-order valence-corrected chi connectivity index (χ3v) is 7.93. The van der Waals surface area contributed by atoms with Crippen LogP contribution in [0.15, 0.2) is 30.5 Å². The number of anilines is 1. The average molecular weight is 499 g/mol. The largest absolute Gasteiger partial charge is 0.496 e. The fourth-order valence-corrected chi connectivity index (χ4v) is 5.97. The SMILES string of the molecule is COc1cccc(F)c1-c1cc(C)ncc1C(=O)Nc1nnc(OCCC23CCC(O)(CC2)C3)s1. The van der Waals surface area contributed by atoms with Crippen molar-refractivity contribution in [2.24, 2.45) is 5.41 Å². The summed E-state index contributed by atoms with van der Waals surface area (Å²) in [5.41, 5.74) is 1.08. The van der Waals surface area contributed by atoms with Gasteiger partial charge in [0.25, 0.3) is 11.1 Å². The highest BCUT2D eigenvalue weighted by Gasteiger charge is 2.52. The number of pyridine rings is 1. The predicted molar refractivity (Wildman–Crippen MR) is 129 cm³/mol. The summed E-state index contributed by atoms with van der Waals surface area (Å²) in [5, 5.41) is 21.8. The topological polar surface area (TPSA) is 106 Å². The fraction of sp³-hybridized carbons (Fsp3) is 0.440. The van der Waals surface area contributed by atoms with Gasteiger partial charge in [0, 0.05) is 17.5 Å². The molecule has 2 aliphatic rings. The maximum atomic E-state index is 14.8. The highest BCUT2D eigenvalue weighted by Crippen LogP contribution is 2.58. The molecule has 0 unspecified atom stereocenters. The zero-order valence-electron chi connectivity index (χ0n) is 19.6. The molecule has 2 aliphatic carbocycles. The molecule has 3 aromatic rings. The summed E-state index contributed by atoms with van der Waals surface area (Å²) >= 11 is 1.13. The quantitative estimate of drug-likeness (QED) is 0.461. The Morgan fingerprint density at radius 3 is 2.77 bits per heavy atom. The second-order valence-electron chi connectivity index (χ2n) is 9.52. The number of carbonyl (C=O) groups is 1. The van der Waals surface area contributed by atoms with Crippen LogP contribution in [0.4, 0.5) is 9.52 Å². The molecule has 8 nitrogen and oxygen atoms in total.